The first-order valence-electron chi connectivity index (χ1n) is 8.69. The highest BCUT2D eigenvalue weighted by Crippen LogP contribution is 2.32. The summed E-state index contributed by atoms with van der Waals surface area (Å²) in [6.07, 6.45) is 2.13. The van der Waals surface area contributed by atoms with Crippen molar-refractivity contribution >= 4 is 0 Å². The van der Waals surface area contributed by atoms with E-state index in [1.165, 1.54) is 39.3 Å². The molecule has 0 fully saturated rings. The summed E-state index contributed by atoms with van der Waals surface area (Å²) in [4.78, 5) is 0. The van der Waals surface area contributed by atoms with Crippen molar-refractivity contribution in [3.63, 3.8) is 0 Å². The average molecular weight is 313 g/mol. The van der Waals surface area contributed by atoms with Gasteiger partial charge >= 0.3 is 0 Å². The largest absolute Gasteiger partial charge is 0.0620 e. The van der Waals surface area contributed by atoms with Crippen LogP contribution in [-0.4, -0.2) is 0 Å². The average Bonchev–Trinajstić information content (AvgIpc) is 2.59. The minimum atomic E-state index is 1.06. The Labute approximate surface area is 146 Å². The van der Waals surface area contributed by atoms with E-state index in [2.05, 4.69) is 93.6 Å². The lowest BCUT2D eigenvalue weighted by atomic mass is 9.82. The van der Waals surface area contributed by atoms with Crippen LogP contribution in [0.1, 0.15) is 39.8 Å². The van der Waals surface area contributed by atoms with Crippen LogP contribution in [0, 0.1) is 26.7 Å². The Balaban J connectivity index is 1.96. The SMILES string of the molecule is Cc1ccccc1CC[C](c1ccccc1C)c1ccccc1C. The number of rotatable bonds is 5. The predicted octanol–water partition coefficient (Wildman–Crippen LogP) is 6.22. The van der Waals surface area contributed by atoms with Gasteiger partial charge in [-0.15, -0.1) is 0 Å². The molecule has 0 aliphatic rings. The number of hydrogen-bond acceptors (Lipinski definition) is 0. The molecule has 0 unspecified atom stereocenters. The summed E-state index contributed by atoms with van der Waals surface area (Å²) in [6, 6.07) is 26.2. The molecule has 0 atom stereocenters. The van der Waals surface area contributed by atoms with Crippen molar-refractivity contribution in [3.8, 4) is 0 Å². The first-order chi connectivity index (χ1) is 11.7. The molecule has 121 valence electrons. The maximum absolute atomic E-state index is 2.26. The summed E-state index contributed by atoms with van der Waals surface area (Å²) in [7, 11) is 0. The van der Waals surface area contributed by atoms with Crippen LogP contribution in [0.3, 0.4) is 0 Å². The number of benzene rings is 3. The minimum absolute atomic E-state index is 1.06. The Morgan fingerprint density at radius 1 is 0.583 bits per heavy atom. The monoisotopic (exact) mass is 313 g/mol. The predicted molar refractivity (Wildman–Crippen MR) is 103 cm³/mol. The van der Waals surface area contributed by atoms with E-state index < -0.39 is 0 Å². The molecule has 0 heterocycles. The maximum atomic E-state index is 2.26. The molecule has 0 aromatic heterocycles. The number of hydrogen-bond donors (Lipinski definition) is 0. The van der Waals surface area contributed by atoms with E-state index >= 15 is 0 Å². The van der Waals surface area contributed by atoms with E-state index in [-0.39, 0.29) is 0 Å². The summed E-state index contributed by atoms with van der Waals surface area (Å²) in [5, 5.41) is 0. The third-order valence-corrected chi connectivity index (χ3v) is 4.85. The molecule has 1 radical (unpaired) electrons. The lowest BCUT2D eigenvalue weighted by molar-refractivity contribution is 0.863. The quantitative estimate of drug-likeness (QED) is 0.525. The van der Waals surface area contributed by atoms with Crippen molar-refractivity contribution in [1.29, 1.82) is 0 Å². The molecule has 0 aliphatic carbocycles. The van der Waals surface area contributed by atoms with Gasteiger partial charge in [0.15, 0.2) is 0 Å². The fourth-order valence-electron chi connectivity index (χ4n) is 3.39. The molecule has 0 aliphatic heterocycles. The molecular formula is C24H25. The van der Waals surface area contributed by atoms with Crippen molar-refractivity contribution < 1.29 is 0 Å². The molecule has 0 spiro atoms. The molecule has 0 heteroatoms. The standard InChI is InChI=1S/C24H25/c1-18-10-4-7-13-21(18)16-17-24(22-14-8-5-11-19(22)2)23-15-9-6-12-20(23)3/h4-15H,16-17H2,1-3H3. The summed E-state index contributed by atoms with van der Waals surface area (Å²) >= 11 is 0. The lowest BCUT2D eigenvalue weighted by Crippen LogP contribution is -2.08. The van der Waals surface area contributed by atoms with E-state index in [0.29, 0.717) is 0 Å². The zero-order chi connectivity index (χ0) is 16.9. The van der Waals surface area contributed by atoms with Crippen LogP contribution in [0.5, 0.6) is 0 Å². The highest BCUT2D eigenvalue weighted by molar-refractivity contribution is 5.52. The lowest BCUT2D eigenvalue weighted by Gasteiger charge is -2.21. The van der Waals surface area contributed by atoms with Gasteiger partial charge in [-0.25, -0.2) is 0 Å². The van der Waals surface area contributed by atoms with E-state index in [9.17, 15) is 0 Å². The first kappa shape index (κ1) is 16.5. The Morgan fingerprint density at radius 3 is 1.54 bits per heavy atom. The molecule has 0 N–H and O–H groups in total. The summed E-state index contributed by atoms with van der Waals surface area (Å²) < 4.78 is 0. The van der Waals surface area contributed by atoms with Crippen molar-refractivity contribution in [2.24, 2.45) is 0 Å². The number of aryl methyl sites for hydroxylation is 4. The van der Waals surface area contributed by atoms with Gasteiger partial charge in [0, 0.05) is 5.92 Å². The smallest absolute Gasteiger partial charge is 0.0348 e. The second-order valence-electron chi connectivity index (χ2n) is 6.53. The second-order valence-corrected chi connectivity index (χ2v) is 6.53. The van der Waals surface area contributed by atoms with E-state index in [4.69, 9.17) is 0 Å². The third kappa shape index (κ3) is 3.59. The van der Waals surface area contributed by atoms with Crippen LogP contribution < -0.4 is 0 Å². The first-order valence-corrected chi connectivity index (χ1v) is 8.69. The molecule has 3 aromatic carbocycles. The van der Waals surface area contributed by atoms with E-state index in [0.717, 1.165) is 12.8 Å². The molecule has 0 nitrogen and oxygen atoms in total. The third-order valence-electron chi connectivity index (χ3n) is 4.85. The van der Waals surface area contributed by atoms with Crippen LogP contribution in [0.15, 0.2) is 72.8 Å². The van der Waals surface area contributed by atoms with Gasteiger partial charge in [-0.1, -0.05) is 72.8 Å². The van der Waals surface area contributed by atoms with Crippen molar-refractivity contribution in [2.45, 2.75) is 33.6 Å². The highest BCUT2D eigenvalue weighted by Gasteiger charge is 2.18. The summed E-state index contributed by atoms with van der Waals surface area (Å²) in [5.41, 5.74) is 8.27. The molecule has 0 saturated heterocycles. The normalized spacial score (nSPS) is 11.0. The topological polar surface area (TPSA) is 0 Å². The fraction of sp³-hybridized carbons (Fsp3) is 0.208. The van der Waals surface area contributed by atoms with Gasteiger partial charge in [0.2, 0.25) is 0 Å². The van der Waals surface area contributed by atoms with Crippen molar-refractivity contribution in [1.82, 2.24) is 0 Å². The zero-order valence-corrected chi connectivity index (χ0v) is 14.8. The molecule has 0 bridgehead atoms. The van der Waals surface area contributed by atoms with Gasteiger partial charge in [-0.05, 0) is 67.0 Å². The second kappa shape index (κ2) is 7.49. The van der Waals surface area contributed by atoms with Gasteiger partial charge in [0.25, 0.3) is 0 Å². The van der Waals surface area contributed by atoms with Gasteiger partial charge < -0.3 is 0 Å². The Bertz CT molecular complexity index is 768. The van der Waals surface area contributed by atoms with E-state index in [1.807, 2.05) is 0 Å². The van der Waals surface area contributed by atoms with Gasteiger partial charge in [0.05, 0.1) is 0 Å². The molecule has 0 saturated carbocycles. The van der Waals surface area contributed by atoms with Crippen LogP contribution in [0.25, 0.3) is 0 Å². The van der Waals surface area contributed by atoms with E-state index in [1.54, 1.807) is 0 Å². The Kier molecular flexibility index (Phi) is 5.15. The fourth-order valence-corrected chi connectivity index (χ4v) is 3.39. The molecule has 3 rings (SSSR count). The van der Waals surface area contributed by atoms with Gasteiger partial charge in [0.1, 0.15) is 0 Å². The minimum Gasteiger partial charge on any atom is -0.0620 e. The van der Waals surface area contributed by atoms with Crippen LogP contribution in [0.2, 0.25) is 0 Å². The van der Waals surface area contributed by atoms with Crippen LogP contribution in [0.4, 0.5) is 0 Å². The Hall–Kier alpha value is -2.34. The summed E-state index contributed by atoms with van der Waals surface area (Å²) in [5.74, 6) is 1.45. The van der Waals surface area contributed by atoms with Crippen molar-refractivity contribution in [3.05, 3.63) is 112 Å². The van der Waals surface area contributed by atoms with Gasteiger partial charge in [-0.3, -0.25) is 0 Å². The zero-order valence-electron chi connectivity index (χ0n) is 14.8. The van der Waals surface area contributed by atoms with Crippen LogP contribution >= 0.6 is 0 Å². The molecule has 24 heavy (non-hydrogen) atoms. The Morgan fingerprint density at radius 2 is 1.04 bits per heavy atom. The van der Waals surface area contributed by atoms with Crippen molar-refractivity contribution in [2.75, 3.05) is 0 Å². The maximum Gasteiger partial charge on any atom is 0.0348 e. The summed E-state index contributed by atoms with van der Waals surface area (Å²) in [6.45, 7) is 6.62. The molecule has 3 aromatic rings. The van der Waals surface area contributed by atoms with Crippen LogP contribution in [-0.2, 0) is 6.42 Å². The molecular weight excluding hydrogens is 288 g/mol. The molecule has 0 amide bonds. The highest BCUT2D eigenvalue weighted by atomic mass is 14.2. The van der Waals surface area contributed by atoms with Gasteiger partial charge in [-0.2, -0.15) is 0 Å².